The van der Waals surface area contributed by atoms with Crippen molar-refractivity contribution in [3.05, 3.63) is 18.5 Å². The molecule has 2 amide bonds. The van der Waals surface area contributed by atoms with Gasteiger partial charge >= 0.3 is 12.0 Å². The molecule has 1 aromatic rings. The van der Waals surface area contributed by atoms with E-state index in [0.29, 0.717) is 13.1 Å². The van der Waals surface area contributed by atoms with Gasteiger partial charge in [0.05, 0.1) is 6.54 Å². The molecule has 1 saturated carbocycles. The highest BCUT2D eigenvalue weighted by molar-refractivity contribution is 5.74. The zero-order chi connectivity index (χ0) is 17.5. The van der Waals surface area contributed by atoms with Crippen molar-refractivity contribution in [1.29, 1.82) is 0 Å². The summed E-state index contributed by atoms with van der Waals surface area (Å²) in [4.78, 5) is 24.7. The van der Waals surface area contributed by atoms with Gasteiger partial charge in [0.25, 0.3) is 0 Å². The first-order chi connectivity index (χ1) is 11.5. The molecule has 8 nitrogen and oxygen atoms in total. The van der Waals surface area contributed by atoms with E-state index in [4.69, 9.17) is 5.11 Å². The van der Waals surface area contributed by atoms with Crippen molar-refractivity contribution in [3.8, 4) is 0 Å². The predicted molar refractivity (Wildman–Crippen MR) is 89.6 cm³/mol. The highest BCUT2D eigenvalue weighted by atomic mass is 16.4. The number of nitrogens with zero attached hydrogens (tertiary/aromatic N) is 3. The third-order valence-electron chi connectivity index (χ3n) is 4.38. The van der Waals surface area contributed by atoms with Crippen LogP contribution in [0.15, 0.2) is 18.5 Å². The van der Waals surface area contributed by atoms with Gasteiger partial charge in [-0.1, -0.05) is 13.8 Å². The molecule has 1 aliphatic rings. The smallest absolute Gasteiger partial charge is 0.317 e. The van der Waals surface area contributed by atoms with Gasteiger partial charge in [0, 0.05) is 37.6 Å². The molecule has 0 aliphatic heterocycles. The summed E-state index contributed by atoms with van der Waals surface area (Å²) in [5.74, 6) is -0.520. The van der Waals surface area contributed by atoms with Crippen molar-refractivity contribution >= 4 is 12.0 Å². The molecule has 134 valence electrons. The molecule has 0 saturated heterocycles. The fraction of sp³-hybridized carbons (Fsp3) is 0.688. The summed E-state index contributed by atoms with van der Waals surface area (Å²) < 4.78 is 1.85. The molecule has 3 N–H and O–H groups in total. The van der Waals surface area contributed by atoms with Crippen molar-refractivity contribution in [2.75, 3.05) is 19.6 Å². The fourth-order valence-corrected chi connectivity index (χ4v) is 2.97. The number of nitrogens with one attached hydrogen (secondary N) is 2. The third-order valence-corrected chi connectivity index (χ3v) is 4.38. The molecular formula is C16H27N5O3. The van der Waals surface area contributed by atoms with E-state index in [9.17, 15) is 9.59 Å². The molecule has 0 spiro atoms. The normalized spacial score (nSPS) is 21.1. The number of urea groups is 1. The van der Waals surface area contributed by atoms with Gasteiger partial charge in [-0.2, -0.15) is 5.10 Å². The van der Waals surface area contributed by atoms with E-state index < -0.39 is 5.97 Å². The zero-order valence-electron chi connectivity index (χ0n) is 14.3. The van der Waals surface area contributed by atoms with Gasteiger partial charge in [0.1, 0.15) is 0 Å². The summed E-state index contributed by atoms with van der Waals surface area (Å²) in [5, 5.41) is 18.9. The van der Waals surface area contributed by atoms with E-state index in [-0.39, 0.29) is 30.6 Å². The van der Waals surface area contributed by atoms with Gasteiger partial charge in [-0.25, -0.2) is 4.79 Å². The second kappa shape index (κ2) is 8.68. The molecule has 0 bridgehead atoms. The van der Waals surface area contributed by atoms with Crippen LogP contribution in [0.4, 0.5) is 4.79 Å². The number of carbonyl (C=O) groups excluding carboxylic acids is 1. The Balaban J connectivity index is 1.61. The van der Waals surface area contributed by atoms with Crippen LogP contribution < -0.4 is 10.6 Å². The topological polar surface area (TPSA) is 99.5 Å². The van der Waals surface area contributed by atoms with Gasteiger partial charge < -0.3 is 15.7 Å². The van der Waals surface area contributed by atoms with Crippen molar-refractivity contribution in [3.63, 3.8) is 0 Å². The minimum atomic E-state index is -0.808. The molecule has 0 radical (unpaired) electrons. The summed E-state index contributed by atoms with van der Waals surface area (Å²) in [6.07, 6.45) is 5.25. The molecule has 1 aliphatic carbocycles. The van der Waals surface area contributed by atoms with Gasteiger partial charge in [0.15, 0.2) is 0 Å². The Kier molecular flexibility index (Phi) is 6.60. The number of carbonyl (C=O) groups is 2. The van der Waals surface area contributed by atoms with Crippen molar-refractivity contribution in [2.45, 2.75) is 45.3 Å². The lowest BCUT2D eigenvalue weighted by atomic mass is 9.85. The van der Waals surface area contributed by atoms with Gasteiger partial charge in [0.2, 0.25) is 0 Å². The monoisotopic (exact) mass is 337 g/mol. The maximum atomic E-state index is 11.9. The number of hydrogen-bond acceptors (Lipinski definition) is 4. The van der Waals surface area contributed by atoms with E-state index >= 15 is 0 Å². The summed E-state index contributed by atoms with van der Waals surface area (Å²) in [6.45, 7) is 6.14. The van der Waals surface area contributed by atoms with Gasteiger partial charge in [-0.15, -0.1) is 0 Å². The molecule has 2 rings (SSSR count). The number of aromatic nitrogens is 2. The van der Waals surface area contributed by atoms with Crippen LogP contribution in [0.5, 0.6) is 0 Å². The number of carboxylic acids is 1. The van der Waals surface area contributed by atoms with E-state index in [1.54, 1.807) is 6.20 Å². The molecule has 1 unspecified atom stereocenters. The van der Waals surface area contributed by atoms with Crippen molar-refractivity contribution < 1.29 is 14.7 Å². The highest BCUT2D eigenvalue weighted by Crippen LogP contribution is 2.25. The molecule has 24 heavy (non-hydrogen) atoms. The Bertz CT molecular complexity index is 528. The van der Waals surface area contributed by atoms with E-state index in [2.05, 4.69) is 22.7 Å². The Morgan fingerprint density at radius 2 is 2.21 bits per heavy atom. The molecule has 1 aromatic heterocycles. The standard InChI is InChI=1S/C16H27N5O3/c1-3-20(11-15(22)23)14-7-13(8-14)19-16(24)17-9-12(2)10-21-6-4-5-18-21/h4-6,12-14H,3,7-11H2,1-2H3,(H,22,23)(H2,17,19,24). The van der Waals surface area contributed by atoms with Crippen molar-refractivity contribution in [1.82, 2.24) is 25.3 Å². The first-order valence-electron chi connectivity index (χ1n) is 8.45. The van der Waals surface area contributed by atoms with E-state index in [0.717, 1.165) is 19.4 Å². The summed E-state index contributed by atoms with van der Waals surface area (Å²) in [6, 6.07) is 2.09. The maximum absolute atomic E-state index is 11.9. The zero-order valence-corrected chi connectivity index (χ0v) is 14.3. The SMILES string of the molecule is CCN(CC(=O)O)C1CC(NC(=O)NCC(C)Cn2cccn2)C1. The molecule has 1 atom stereocenters. The predicted octanol–water partition coefficient (Wildman–Crippen LogP) is 0.756. The van der Waals surface area contributed by atoms with Crippen LogP contribution in [-0.4, -0.2) is 63.5 Å². The Morgan fingerprint density at radius 3 is 2.79 bits per heavy atom. The minimum Gasteiger partial charge on any atom is -0.480 e. The molecular weight excluding hydrogens is 310 g/mol. The third kappa shape index (κ3) is 5.52. The van der Waals surface area contributed by atoms with E-state index in [1.165, 1.54) is 0 Å². The number of likely N-dealkylation sites (N-methyl/N-ethyl adjacent to an activating group) is 1. The fourth-order valence-electron chi connectivity index (χ4n) is 2.97. The van der Waals surface area contributed by atoms with Gasteiger partial charge in [-0.3, -0.25) is 14.4 Å². The Morgan fingerprint density at radius 1 is 1.46 bits per heavy atom. The largest absolute Gasteiger partial charge is 0.480 e. The van der Waals surface area contributed by atoms with Crippen LogP contribution >= 0.6 is 0 Å². The van der Waals surface area contributed by atoms with Crippen LogP contribution in [-0.2, 0) is 11.3 Å². The lowest BCUT2D eigenvalue weighted by molar-refractivity contribution is -0.139. The lowest BCUT2D eigenvalue weighted by Gasteiger charge is -2.42. The minimum absolute atomic E-state index is 0.0605. The quantitative estimate of drug-likeness (QED) is 0.618. The average molecular weight is 337 g/mol. The number of rotatable bonds is 9. The van der Waals surface area contributed by atoms with Crippen LogP contribution in [0, 0.1) is 5.92 Å². The van der Waals surface area contributed by atoms with Gasteiger partial charge in [-0.05, 0) is 31.4 Å². The molecule has 1 heterocycles. The highest BCUT2D eigenvalue weighted by Gasteiger charge is 2.34. The lowest BCUT2D eigenvalue weighted by Crippen LogP contribution is -2.56. The summed E-state index contributed by atoms with van der Waals surface area (Å²) >= 11 is 0. The Hall–Kier alpha value is -2.09. The van der Waals surface area contributed by atoms with Crippen molar-refractivity contribution in [2.24, 2.45) is 5.92 Å². The van der Waals surface area contributed by atoms with Crippen LogP contribution in [0.1, 0.15) is 26.7 Å². The first-order valence-corrected chi connectivity index (χ1v) is 8.45. The second-order valence-corrected chi connectivity index (χ2v) is 6.47. The summed E-state index contributed by atoms with van der Waals surface area (Å²) in [7, 11) is 0. The molecule has 0 aromatic carbocycles. The van der Waals surface area contributed by atoms with Crippen LogP contribution in [0.3, 0.4) is 0 Å². The first kappa shape index (κ1) is 18.3. The van der Waals surface area contributed by atoms with Crippen LogP contribution in [0.25, 0.3) is 0 Å². The number of aliphatic carboxylic acids is 1. The number of amides is 2. The van der Waals surface area contributed by atoms with E-state index in [1.807, 2.05) is 28.8 Å². The number of hydrogen-bond donors (Lipinski definition) is 3. The maximum Gasteiger partial charge on any atom is 0.317 e. The Labute approximate surface area is 142 Å². The molecule has 8 heteroatoms. The number of carboxylic acid groups (broad SMARTS) is 1. The second-order valence-electron chi connectivity index (χ2n) is 6.47. The average Bonchev–Trinajstić information content (AvgIpc) is 2.99. The van der Waals surface area contributed by atoms with Crippen LogP contribution in [0.2, 0.25) is 0 Å². The molecule has 1 fully saturated rings. The summed E-state index contributed by atoms with van der Waals surface area (Å²) in [5.41, 5.74) is 0.